The second-order valence-corrected chi connectivity index (χ2v) is 15.5. The molecule has 1 saturated carbocycles. The highest BCUT2D eigenvalue weighted by molar-refractivity contribution is 6.03. The van der Waals surface area contributed by atoms with Crippen molar-refractivity contribution in [1.29, 1.82) is 0 Å². The molecule has 0 spiro atoms. The lowest BCUT2D eigenvalue weighted by atomic mass is 9.75. The first-order chi connectivity index (χ1) is 26.1. The van der Waals surface area contributed by atoms with Gasteiger partial charge in [-0.05, 0) is 80.1 Å². The van der Waals surface area contributed by atoms with E-state index in [-0.39, 0.29) is 76.3 Å². The Balaban J connectivity index is 1.24. The second-order valence-electron chi connectivity index (χ2n) is 15.5. The number of rotatable bonds is 9. The number of benzene rings is 2. The Labute approximate surface area is 313 Å². The number of hydrogen-bond donors (Lipinski definition) is 2. The third kappa shape index (κ3) is 6.91. The van der Waals surface area contributed by atoms with Gasteiger partial charge in [0.25, 0.3) is 0 Å². The minimum atomic E-state index is -1.23. The van der Waals surface area contributed by atoms with Crippen molar-refractivity contribution >= 4 is 27.5 Å². The van der Waals surface area contributed by atoms with Gasteiger partial charge in [-0.15, -0.1) is 0 Å². The monoisotopic (exact) mass is 749 g/mol. The van der Waals surface area contributed by atoms with Crippen molar-refractivity contribution in [3.63, 3.8) is 0 Å². The molecule has 4 aliphatic rings. The van der Waals surface area contributed by atoms with E-state index < -0.39 is 17.2 Å². The van der Waals surface area contributed by atoms with Crippen LogP contribution in [0.15, 0.2) is 24.3 Å². The quantitative estimate of drug-likeness (QED) is 0.227. The van der Waals surface area contributed by atoms with Crippen molar-refractivity contribution in [2.24, 2.45) is 5.41 Å². The van der Waals surface area contributed by atoms with E-state index in [2.05, 4.69) is 9.88 Å². The zero-order chi connectivity index (χ0) is 37.6. The Bertz CT molecular complexity index is 2030. The molecule has 3 saturated heterocycles. The van der Waals surface area contributed by atoms with E-state index in [4.69, 9.17) is 33.7 Å². The van der Waals surface area contributed by atoms with Crippen molar-refractivity contribution in [1.82, 2.24) is 19.9 Å². The number of ether oxygens (including phenoxy) is 5. The minimum Gasteiger partial charge on any atom is -0.508 e. The molecule has 2 N–H and O–H groups in total. The molecule has 4 unspecified atom stereocenters. The van der Waals surface area contributed by atoms with Gasteiger partial charge < -0.3 is 38.8 Å². The summed E-state index contributed by atoms with van der Waals surface area (Å²) in [5.41, 5.74) is -1.07. The van der Waals surface area contributed by atoms with Crippen LogP contribution in [0.4, 0.5) is 14.6 Å². The van der Waals surface area contributed by atoms with Crippen LogP contribution in [0.3, 0.4) is 0 Å². The number of pyridine rings is 1. The predicted octanol–water partition coefficient (Wildman–Crippen LogP) is 5.42. The molecule has 2 aromatic heterocycles. The van der Waals surface area contributed by atoms with E-state index in [9.17, 15) is 10.2 Å². The zero-order valence-corrected chi connectivity index (χ0v) is 31.2. The molecule has 12 nitrogen and oxygen atoms in total. The number of aryl methyl sites for hydroxylation is 1. The van der Waals surface area contributed by atoms with E-state index >= 15 is 8.78 Å². The van der Waals surface area contributed by atoms with Crippen molar-refractivity contribution in [2.45, 2.75) is 70.1 Å². The van der Waals surface area contributed by atoms with Gasteiger partial charge in [0.05, 0.1) is 59.4 Å². The topological polar surface area (TPSA) is 132 Å². The standard InChI is InChI=1S/C40H49F2N5O7/c1-4-27-29(41)9-8-24-17-25(48)18-28(31(24)27)34-33(42)35-32(37(43-34)50-3)36(47-13-14-52-22-39(2,49)21-47)45-38(44-35)54-23-40-10-5-7-30(40)46(12-6-11-40)19-26-20-51-15-16-53-26/h8-9,17-18,26,30,48-49H,4-7,10-16,19-23H2,1-3H3. The van der Waals surface area contributed by atoms with E-state index in [0.29, 0.717) is 62.3 Å². The zero-order valence-electron chi connectivity index (χ0n) is 31.2. The van der Waals surface area contributed by atoms with Crippen LogP contribution in [0.25, 0.3) is 32.9 Å². The first-order valence-electron chi connectivity index (χ1n) is 19.1. The molecule has 0 bridgehead atoms. The third-order valence-electron chi connectivity index (χ3n) is 11.6. The molecule has 1 aliphatic carbocycles. The van der Waals surface area contributed by atoms with E-state index in [1.807, 2.05) is 11.8 Å². The van der Waals surface area contributed by atoms with Gasteiger partial charge in [-0.25, -0.2) is 13.8 Å². The van der Waals surface area contributed by atoms with Crippen LogP contribution < -0.4 is 14.4 Å². The van der Waals surface area contributed by atoms with Gasteiger partial charge in [0.15, 0.2) is 5.82 Å². The van der Waals surface area contributed by atoms with Crippen LogP contribution in [-0.4, -0.2) is 121 Å². The number of phenols is 1. The number of aromatic hydroxyl groups is 1. The molecule has 8 rings (SSSR count). The van der Waals surface area contributed by atoms with Gasteiger partial charge in [-0.3, -0.25) is 4.90 Å². The number of phenolic OH excluding ortho intramolecular Hbond substituents is 1. The first-order valence-corrected chi connectivity index (χ1v) is 19.1. The largest absolute Gasteiger partial charge is 0.508 e. The normalized spacial score (nSPS) is 26.6. The van der Waals surface area contributed by atoms with Crippen LogP contribution >= 0.6 is 0 Å². The average Bonchev–Trinajstić information content (AvgIpc) is 3.52. The number of methoxy groups -OCH3 is 1. The SMILES string of the molecule is CCc1c(F)ccc2cc(O)cc(-c3nc(OC)c4c(N5CCOCC(C)(O)C5)nc(OCC56CCCC5N(CC5COCCO5)CCC6)nc4c3F)c12. The molecular formula is C40H49F2N5O7. The lowest BCUT2D eigenvalue weighted by Crippen LogP contribution is -2.54. The summed E-state index contributed by atoms with van der Waals surface area (Å²) >= 11 is 0. The van der Waals surface area contributed by atoms with Gasteiger partial charge in [-0.2, -0.15) is 9.97 Å². The van der Waals surface area contributed by atoms with Crippen LogP contribution in [0.1, 0.15) is 51.5 Å². The summed E-state index contributed by atoms with van der Waals surface area (Å²) in [6.07, 6.45) is 5.46. The smallest absolute Gasteiger partial charge is 0.319 e. The fourth-order valence-electron chi connectivity index (χ4n) is 9.28. The average molecular weight is 750 g/mol. The highest BCUT2D eigenvalue weighted by atomic mass is 19.1. The number of anilines is 1. The molecule has 290 valence electrons. The van der Waals surface area contributed by atoms with Gasteiger partial charge in [-0.1, -0.05) is 19.4 Å². The van der Waals surface area contributed by atoms with Gasteiger partial charge in [0.1, 0.15) is 39.6 Å². The Kier molecular flexibility index (Phi) is 10.2. The highest BCUT2D eigenvalue weighted by Crippen LogP contribution is 2.49. The summed E-state index contributed by atoms with van der Waals surface area (Å²) in [7, 11) is 1.43. The van der Waals surface area contributed by atoms with E-state index in [1.54, 1.807) is 13.0 Å². The molecule has 5 heterocycles. The number of nitrogens with zero attached hydrogens (tertiary/aromatic N) is 5. The number of hydrogen-bond acceptors (Lipinski definition) is 12. The summed E-state index contributed by atoms with van der Waals surface area (Å²) in [5, 5.41) is 23.1. The Hall–Kier alpha value is -3.95. The molecule has 4 fully saturated rings. The first kappa shape index (κ1) is 37.0. The van der Waals surface area contributed by atoms with Gasteiger partial charge in [0, 0.05) is 30.1 Å². The summed E-state index contributed by atoms with van der Waals surface area (Å²) in [5.74, 6) is -1.04. The summed E-state index contributed by atoms with van der Waals surface area (Å²) in [6.45, 7) is 8.33. The number of likely N-dealkylation sites (tertiary alicyclic amines) is 1. The number of aromatic nitrogens is 3. The van der Waals surface area contributed by atoms with E-state index in [1.165, 1.54) is 25.3 Å². The van der Waals surface area contributed by atoms with Crippen molar-refractivity contribution < 1.29 is 42.7 Å². The highest BCUT2D eigenvalue weighted by Gasteiger charge is 2.49. The summed E-state index contributed by atoms with van der Waals surface area (Å²) < 4.78 is 62.4. The predicted molar refractivity (Wildman–Crippen MR) is 198 cm³/mol. The molecule has 54 heavy (non-hydrogen) atoms. The number of piperidine rings is 1. The maximum Gasteiger partial charge on any atom is 0.319 e. The number of fused-ring (bicyclic) bond motifs is 3. The Morgan fingerprint density at radius 2 is 1.87 bits per heavy atom. The molecule has 4 atom stereocenters. The number of β-amino-alcohol motifs (C(OH)–C–C–N with tert-alkyl or cyclic N) is 1. The molecular weight excluding hydrogens is 700 g/mol. The molecule has 0 radical (unpaired) electrons. The van der Waals surface area contributed by atoms with E-state index in [0.717, 1.165) is 45.2 Å². The fourth-order valence-corrected chi connectivity index (χ4v) is 9.28. The van der Waals surface area contributed by atoms with Crippen LogP contribution in [-0.2, 0) is 20.6 Å². The van der Waals surface area contributed by atoms with Gasteiger partial charge in [0.2, 0.25) is 5.88 Å². The Morgan fingerprint density at radius 1 is 1.02 bits per heavy atom. The lowest BCUT2D eigenvalue weighted by Gasteiger charge is -2.47. The van der Waals surface area contributed by atoms with Crippen LogP contribution in [0.2, 0.25) is 0 Å². The second kappa shape index (κ2) is 14.9. The summed E-state index contributed by atoms with van der Waals surface area (Å²) in [4.78, 5) is 18.6. The fraction of sp³-hybridized carbons (Fsp3) is 0.575. The number of aliphatic hydroxyl groups is 1. The van der Waals surface area contributed by atoms with Crippen LogP contribution in [0.5, 0.6) is 17.6 Å². The minimum absolute atomic E-state index is 0.0115. The van der Waals surface area contributed by atoms with Gasteiger partial charge >= 0.3 is 6.01 Å². The third-order valence-corrected chi connectivity index (χ3v) is 11.6. The van der Waals surface area contributed by atoms with Crippen LogP contribution in [0, 0.1) is 17.0 Å². The maximum atomic E-state index is 17.3. The summed E-state index contributed by atoms with van der Waals surface area (Å²) in [6, 6.07) is 6.08. The van der Waals surface area contributed by atoms with Crippen molar-refractivity contribution in [3.05, 3.63) is 41.5 Å². The Morgan fingerprint density at radius 3 is 2.67 bits per heavy atom. The molecule has 0 amide bonds. The van der Waals surface area contributed by atoms with Crippen molar-refractivity contribution in [3.8, 4) is 28.9 Å². The molecule has 3 aliphatic heterocycles. The molecule has 4 aromatic rings. The number of halogens is 2. The lowest BCUT2D eigenvalue weighted by molar-refractivity contribution is -0.111. The molecule has 2 aromatic carbocycles. The molecule has 14 heteroatoms. The van der Waals surface area contributed by atoms with Crippen molar-refractivity contribution in [2.75, 3.05) is 77.8 Å². The maximum absolute atomic E-state index is 17.3.